The molecule has 0 aliphatic heterocycles. The summed E-state index contributed by atoms with van der Waals surface area (Å²) in [7, 11) is 0. The smallest absolute Gasteiger partial charge is 0.120 e. The maximum Gasteiger partial charge on any atom is 0.120 e. The van der Waals surface area contributed by atoms with Crippen molar-refractivity contribution in [2.75, 3.05) is 6.61 Å². The number of benzene rings is 1. The van der Waals surface area contributed by atoms with E-state index in [1.807, 2.05) is 31.2 Å². The van der Waals surface area contributed by atoms with Crippen LogP contribution in [0.1, 0.15) is 30.0 Å². The van der Waals surface area contributed by atoms with Crippen molar-refractivity contribution in [3.63, 3.8) is 0 Å². The largest absolute Gasteiger partial charge is 0.490 e. The van der Waals surface area contributed by atoms with E-state index in [9.17, 15) is 0 Å². The summed E-state index contributed by atoms with van der Waals surface area (Å²) in [5.41, 5.74) is 1.21. The van der Waals surface area contributed by atoms with Gasteiger partial charge in [-0.1, -0.05) is 24.8 Å². The number of nitrogens with one attached hydrogen (secondary N) is 1. The van der Waals surface area contributed by atoms with Crippen molar-refractivity contribution in [3.05, 3.63) is 66.1 Å². The number of furan rings is 1. The monoisotopic (exact) mass is 271 g/mol. The minimum atomic E-state index is 0.195. The van der Waals surface area contributed by atoms with Gasteiger partial charge in [0.05, 0.1) is 6.04 Å². The third kappa shape index (κ3) is 4.00. The first kappa shape index (κ1) is 14.4. The highest BCUT2D eigenvalue weighted by atomic mass is 16.5. The summed E-state index contributed by atoms with van der Waals surface area (Å²) in [6.07, 6.45) is 1.74. The van der Waals surface area contributed by atoms with E-state index in [-0.39, 0.29) is 6.04 Å². The van der Waals surface area contributed by atoms with Gasteiger partial charge in [-0.15, -0.1) is 0 Å². The van der Waals surface area contributed by atoms with Gasteiger partial charge in [-0.3, -0.25) is 0 Å². The van der Waals surface area contributed by atoms with Crippen LogP contribution in [0.5, 0.6) is 5.75 Å². The van der Waals surface area contributed by atoms with Crippen LogP contribution >= 0.6 is 0 Å². The first-order chi connectivity index (χ1) is 9.69. The van der Waals surface area contributed by atoms with Gasteiger partial charge in [0.15, 0.2) is 0 Å². The Morgan fingerprint density at radius 3 is 2.60 bits per heavy atom. The van der Waals surface area contributed by atoms with Gasteiger partial charge in [-0.05, 0) is 43.7 Å². The second-order valence-corrected chi connectivity index (χ2v) is 4.79. The lowest BCUT2D eigenvalue weighted by molar-refractivity contribution is 0.363. The predicted octanol–water partition coefficient (Wildman–Crippen LogP) is 4.00. The van der Waals surface area contributed by atoms with Crippen molar-refractivity contribution in [3.8, 4) is 5.75 Å². The third-order valence-corrected chi connectivity index (χ3v) is 3.09. The van der Waals surface area contributed by atoms with Gasteiger partial charge >= 0.3 is 0 Å². The zero-order valence-electron chi connectivity index (χ0n) is 12.1. The molecule has 1 atom stereocenters. The number of hydrogen-bond donors (Lipinski definition) is 1. The van der Waals surface area contributed by atoms with Crippen LogP contribution in [0.2, 0.25) is 0 Å². The third-order valence-electron chi connectivity index (χ3n) is 3.09. The van der Waals surface area contributed by atoms with Gasteiger partial charge in [-0.2, -0.15) is 0 Å². The minimum absolute atomic E-state index is 0.195. The van der Waals surface area contributed by atoms with E-state index in [0.29, 0.717) is 6.61 Å². The molecular weight excluding hydrogens is 250 g/mol. The molecule has 2 aromatic rings. The second-order valence-electron chi connectivity index (χ2n) is 4.79. The van der Waals surface area contributed by atoms with Crippen LogP contribution in [-0.2, 0) is 6.54 Å². The molecule has 2 rings (SSSR count). The van der Waals surface area contributed by atoms with Gasteiger partial charge in [0.25, 0.3) is 0 Å². The highest BCUT2D eigenvalue weighted by molar-refractivity contribution is 5.27. The van der Waals surface area contributed by atoms with Crippen LogP contribution < -0.4 is 10.1 Å². The van der Waals surface area contributed by atoms with Crippen molar-refractivity contribution < 1.29 is 9.15 Å². The molecule has 1 unspecified atom stereocenters. The molecule has 0 aliphatic rings. The van der Waals surface area contributed by atoms with Crippen LogP contribution in [0.3, 0.4) is 0 Å². The van der Waals surface area contributed by atoms with Crippen molar-refractivity contribution in [1.82, 2.24) is 5.32 Å². The molecule has 0 fully saturated rings. The zero-order chi connectivity index (χ0) is 14.4. The summed E-state index contributed by atoms with van der Waals surface area (Å²) < 4.78 is 11.1. The van der Waals surface area contributed by atoms with E-state index in [4.69, 9.17) is 9.15 Å². The van der Waals surface area contributed by atoms with Gasteiger partial charge in [0.2, 0.25) is 0 Å². The molecule has 0 bridgehead atoms. The van der Waals surface area contributed by atoms with Crippen LogP contribution in [0.4, 0.5) is 0 Å². The Kier molecular flexibility index (Phi) is 5.02. The summed E-state index contributed by atoms with van der Waals surface area (Å²) >= 11 is 0. The van der Waals surface area contributed by atoms with Crippen LogP contribution in [0, 0.1) is 6.92 Å². The summed E-state index contributed by atoms with van der Waals surface area (Å²) in [6.45, 7) is 9.01. The van der Waals surface area contributed by atoms with E-state index in [1.54, 1.807) is 6.08 Å². The van der Waals surface area contributed by atoms with E-state index < -0.39 is 0 Å². The van der Waals surface area contributed by atoms with Gasteiger partial charge in [-0.25, -0.2) is 0 Å². The molecule has 1 N–H and O–H groups in total. The van der Waals surface area contributed by atoms with Gasteiger partial charge < -0.3 is 14.5 Å². The standard InChI is InChI=1S/C17H21NO2/c1-4-11-19-16-8-6-15(7-9-16)12-18-14(3)17-10-5-13(2)20-17/h4-10,14,18H,1,11-12H2,2-3H3. The molecule has 0 aliphatic carbocycles. The fourth-order valence-electron chi connectivity index (χ4n) is 1.92. The maximum atomic E-state index is 5.61. The number of aryl methyl sites for hydroxylation is 1. The lowest BCUT2D eigenvalue weighted by atomic mass is 10.2. The SMILES string of the molecule is C=CCOc1ccc(CNC(C)c2ccc(C)o2)cc1. The summed E-state index contributed by atoms with van der Waals surface area (Å²) in [6, 6.07) is 12.3. The fraction of sp³-hybridized carbons (Fsp3) is 0.294. The lowest BCUT2D eigenvalue weighted by Crippen LogP contribution is -2.17. The van der Waals surface area contributed by atoms with Crippen LogP contribution in [-0.4, -0.2) is 6.61 Å². The maximum absolute atomic E-state index is 5.61. The van der Waals surface area contributed by atoms with Crippen LogP contribution in [0.25, 0.3) is 0 Å². The molecule has 0 saturated heterocycles. The highest BCUT2D eigenvalue weighted by Crippen LogP contribution is 2.17. The summed E-state index contributed by atoms with van der Waals surface area (Å²) in [5.74, 6) is 2.77. The van der Waals surface area contributed by atoms with Gasteiger partial charge in [0.1, 0.15) is 23.9 Å². The van der Waals surface area contributed by atoms with Crippen molar-refractivity contribution in [1.29, 1.82) is 0 Å². The quantitative estimate of drug-likeness (QED) is 0.773. The number of hydrogen-bond acceptors (Lipinski definition) is 3. The van der Waals surface area contributed by atoms with Crippen molar-refractivity contribution >= 4 is 0 Å². The molecule has 20 heavy (non-hydrogen) atoms. The molecular formula is C17H21NO2. The van der Waals surface area contributed by atoms with E-state index in [1.165, 1.54) is 5.56 Å². The molecule has 3 nitrogen and oxygen atoms in total. The Hall–Kier alpha value is -2.00. The molecule has 0 amide bonds. The fourth-order valence-corrected chi connectivity index (χ4v) is 1.92. The number of ether oxygens (including phenoxy) is 1. The molecule has 0 spiro atoms. The van der Waals surface area contributed by atoms with E-state index in [0.717, 1.165) is 23.8 Å². The topological polar surface area (TPSA) is 34.4 Å². The number of rotatable bonds is 7. The van der Waals surface area contributed by atoms with Crippen molar-refractivity contribution in [2.45, 2.75) is 26.4 Å². The zero-order valence-corrected chi connectivity index (χ0v) is 12.1. The Bertz CT molecular complexity index is 542. The Morgan fingerprint density at radius 2 is 2.00 bits per heavy atom. The minimum Gasteiger partial charge on any atom is -0.490 e. The molecule has 0 radical (unpaired) electrons. The predicted molar refractivity (Wildman–Crippen MR) is 80.8 cm³/mol. The molecule has 0 saturated carbocycles. The first-order valence-electron chi connectivity index (χ1n) is 6.81. The Balaban J connectivity index is 1.85. The molecule has 1 heterocycles. The average Bonchev–Trinajstić information content (AvgIpc) is 2.90. The van der Waals surface area contributed by atoms with Crippen molar-refractivity contribution in [2.24, 2.45) is 0 Å². The summed E-state index contributed by atoms with van der Waals surface area (Å²) in [4.78, 5) is 0. The second kappa shape index (κ2) is 6.96. The normalized spacial score (nSPS) is 12.1. The highest BCUT2D eigenvalue weighted by Gasteiger charge is 2.08. The molecule has 1 aromatic carbocycles. The summed E-state index contributed by atoms with van der Waals surface area (Å²) in [5, 5.41) is 3.44. The Morgan fingerprint density at radius 1 is 1.25 bits per heavy atom. The van der Waals surface area contributed by atoms with E-state index >= 15 is 0 Å². The molecule has 106 valence electrons. The van der Waals surface area contributed by atoms with Gasteiger partial charge in [0, 0.05) is 6.54 Å². The molecule has 3 heteroatoms. The average molecular weight is 271 g/mol. The lowest BCUT2D eigenvalue weighted by Gasteiger charge is -2.12. The first-order valence-corrected chi connectivity index (χ1v) is 6.81. The Labute approximate surface area is 120 Å². The molecule has 1 aromatic heterocycles. The van der Waals surface area contributed by atoms with Crippen LogP contribution in [0.15, 0.2) is 53.5 Å². The van der Waals surface area contributed by atoms with E-state index in [2.05, 4.69) is 31.0 Å².